The van der Waals surface area contributed by atoms with E-state index >= 15 is 0 Å². The number of ether oxygens (including phenoxy) is 2. The quantitative estimate of drug-likeness (QED) is 0.504. The van der Waals surface area contributed by atoms with Crippen molar-refractivity contribution in [3.63, 3.8) is 0 Å². The van der Waals surface area contributed by atoms with Crippen molar-refractivity contribution < 1.29 is 14.3 Å². The molecule has 1 aromatic heterocycles. The fourth-order valence-corrected chi connectivity index (χ4v) is 3.74. The molecule has 31 heavy (non-hydrogen) atoms. The van der Waals surface area contributed by atoms with Gasteiger partial charge in [0.25, 0.3) is 0 Å². The second-order valence-electron chi connectivity index (χ2n) is 7.47. The molecule has 3 rings (SSSR count). The summed E-state index contributed by atoms with van der Waals surface area (Å²) in [4.78, 5) is 12.7. The molecule has 3 aromatic rings. The van der Waals surface area contributed by atoms with Crippen LogP contribution in [0.3, 0.4) is 0 Å². The first-order valence-corrected chi connectivity index (χ1v) is 10.5. The molecule has 0 spiro atoms. The molecule has 0 saturated carbocycles. The number of carbonyl (C=O) groups excluding carboxylic acids is 1. The highest BCUT2D eigenvalue weighted by molar-refractivity contribution is 7.71. The van der Waals surface area contributed by atoms with Crippen LogP contribution in [0.15, 0.2) is 36.4 Å². The summed E-state index contributed by atoms with van der Waals surface area (Å²) in [5, 5.41) is 10.2. The van der Waals surface area contributed by atoms with Gasteiger partial charge in [-0.25, -0.2) is 0 Å². The first-order chi connectivity index (χ1) is 14.8. The summed E-state index contributed by atoms with van der Waals surface area (Å²) >= 11 is 5.37. The van der Waals surface area contributed by atoms with Crippen LogP contribution in [0.5, 0.6) is 11.5 Å². The lowest BCUT2D eigenvalue weighted by Crippen LogP contribution is -2.28. The van der Waals surface area contributed by atoms with Crippen molar-refractivity contribution >= 4 is 18.1 Å². The van der Waals surface area contributed by atoms with E-state index in [0.717, 1.165) is 22.5 Å². The summed E-state index contributed by atoms with van der Waals surface area (Å²) in [5.41, 5.74) is 4.12. The number of carbonyl (C=O) groups is 1. The van der Waals surface area contributed by atoms with Gasteiger partial charge in [0.2, 0.25) is 5.91 Å². The van der Waals surface area contributed by atoms with Gasteiger partial charge in [-0.15, -0.1) is 0 Å². The Morgan fingerprint density at radius 3 is 2.45 bits per heavy atom. The van der Waals surface area contributed by atoms with E-state index in [9.17, 15) is 4.79 Å². The van der Waals surface area contributed by atoms with E-state index in [2.05, 4.69) is 15.5 Å². The molecule has 1 amide bonds. The van der Waals surface area contributed by atoms with E-state index < -0.39 is 0 Å². The van der Waals surface area contributed by atoms with E-state index in [1.165, 1.54) is 5.56 Å². The Balaban J connectivity index is 1.69. The second-order valence-corrected chi connectivity index (χ2v) is 7.86. The fraction of sp³-hybridized carbons (Fsp3) is 0.348. The number of H-pyrrole nitrogens is 1. The predicted octanol–water partition coefficient (Wildman–Crippen LogP) is 4.51. The van der Waals surface area contributed by atoms with Gasteiger partial charge in [0.1, 0.15) is 0 Å². The van der Waals surface area contributed by atoms with Crippen molar-refractivity contribution in [3.05, 3.63) is 57.9 Å². The number of methoxy groups -OCH3 is 2. The number of nitrogens with zero attached hydrogens (tertiary/aromatic N) is 2. The number of rotatable bonds is 8. The molecule has 0 aliphatic rings. The number of amides is 1. The Labute approximate surface area is 187 Å². The van der Waals surface area contributed by atoms with Crippen LogP contribution < -0.4 is 14.8 Å². The number of benzene rings is 2. The Bertz CT molecular complexity index is 1120. The maximum absolute atomic E-state index is 12.7. The molecule has 8 heteroatoms. The zero-order valence-electron chi connectivity index (χ0n) is 18.5. The summed E-state index contributed by atoms with van der Waals surface area (Å²) < 4.78 is 13.1. The average molecular weight is 441 g/mol. The van der Waals surface area contributed by atoms with Crippen LogP contribution >= 0.6 is 12.2 Å². The number of aromatic amines is 1. The lowest BCUT2D eigenvalue weighted by Gasteiger charge is -2.19. The average Bonchev–Trinajstić information content (AvgIpc) is 3.12. The molecule has 0 fully saturated rings. The molecule has 164 valence electrons. The third-order valence-corrected chi connectivity index (χ3v) is 5.56. The smallest absolute Gasteiger partial charge is 0.222 e. The molecule has 1 unspecified atom stereocenters. The van der Waals surface area contributed by atoms with Crippen LogP contribution in [0.4, 0.5) is 0 Å². The maximum Gasteiger partial charge on any atom is 0.222 e. The molecule has 1 heterocycles. The van der Waals surface area contributed by atoms with Gasteiger partial charge in [0, 0.05) is 18.5 Å². The van der Waals surface area contributed by atoms with E-state index in [1.54, 1.807) is 14.2 Å². The molecular formula is C23H28N4O3S. The summed E-state index contributed by atoms with van der Waals surface area (Å²) in [6.45, 7) is 6.40. The van der Waals surface area contributed by atoms with Crippen LogP contribution in [0.1, 0.15) is 36.1 Å². The van der Waals surface area contributed by atoms with Gasteiger partial charge in [-0.2, -0.15) is 5.10 Å². The van der Waals surface area contributed by atoms with Crippen LogP contribution in [0.2, 0.25) is 0 Å². The lowest BCUT2D eigenvalue weighted by molar-refractivity contribution is -0.121. The van der Waals surface area contributed by atoms with Crippen LogP contribution in [0, 0.1) is 18.6 Å². The molecule has 0 saturated heterocycles. The molecule has 0 bridgehead atoms. The number of nitrogens with one attached hydrogen (secondary N) is 2. The number of hydrogen-bond donors (Lipinski definition) is 2. The summed E-state index contributed by atoms with van der Waals surface area (Å²) in [6, 6.07) is 11.7. The van der Waals surface area contributed by atoms with Crippen LogP contribution in [-0.2, 0) is 11.3 Å². The zero-order chi connectivity index (χ0) is 22.5. The second kappa shape index (κ2) is 9.78. The predicted molar refractivity (Wildman–Crippen MR) is 123 cm³/mol. The largest absolute Gasteiger partial charge is 0.493 e. The summed E-state index contributed by atoms with van der Waals surface area (Å²) in [7, 11) is 3.20. The minimum Gasteiger partial charge on any atom is -0.493 e. The molecule has 0 aliphatic carbocycles. The first kappa shape index (κ1) is 22.6. The lowest BCUT2D eigenvalue weighted by atomic mass is 10.0. The third-order valence-electron chi connectivity index (χ3n) is 5.25. The number of aromatic nitrogens is 3. The SMILES string of the molecule is COc1cc(C)c(C(C)NC(=O)CCn2c(-c3ccc(C)cc3)n[nH]c2=S)cc1OC. The standard InChI is InChI=1S/C23H28N4O3S/c1-14-6-8-17(9-7-14)22-25-26-23(31)27(22)11-10-21(28)24-16(3)18-13-20(30-5)19(29-4)12-15(18)2/h6-9,12-13,16H,10-11H2,1-5H3,(H,24,28)(H,26,31). The molecule has 7 nitrogen and oxygen atoms in total. The molecule has 0 radical (unpaired) electrons. The van der Waals surface area contributed by atoms with Gasteiger partial charge >= 0.3 is 0 Å². The van der Waals surface area contributed by atoms with Crippen LogP contribution in [0.25, 0.3) is 11.4 Å². The Morgan fingerprint density at radius 2 is 1.81 bits per heavy atom. The highest BCUT2D eigenvalue weighted by Crippen LogP contribution is 2.32. The Hall–Kier alpha value is -3.13. The van der Waals surface area contributed by atoms with Gasteiger partial charge in [-0.05, 0) is 56.2 Å². The van der Waals surface area contributed by atoms with Gasteiger partial charge in [0.15, 0.2) is 22.1 Å². The Morgan fingerprint density at radius 1 is 1.16 bits per heavy atom. The molecule has 2 aromatic carbocycles. The van der Waals surface area contributed by atoms with Crippen LogP contribution in [-0.4, -0.2) is 34.9 Å². The topological polar surface area (TPSA) is 81.2 Å². The summed E-state index contributed by atoms with van der Waals surface area (Å²) in [5.74, 6) is 1.96. The Kier molecular flexibility index (Phi) is 7.12. The molecule has 0 aliphatic heterocycles. The third kappa shape index (κ3) is 5.14. The highest BCUT2D eigenvalue weighted by atomic mass is 32.1. The van der Waals surface area contributed by atoms with Gasteiger partial charge < -0.3 is 14.8 Å². The minimum atomic E-state index is -0.179. The monoisotopic (exact) mass is 440 g/mol. The van der Waals surface area contributed by atoms with Crippen molar-refractivity contribution in [2.75, 3.05) is 14.2 Å². The van der Waals surface area contributed by atoms with Crippen molar-refractivity contribution in [1.82, 2.24) is 20.1 Å². The fourth-order valence-electron chi connectivity index (χ4n) is 3.52. The summed E-state index contributed by atoms with van der Waals surface area (Å²) in [6.07, 6.45) is 0.281. The molecular weight excluding hydrogens is 412 g/mol. The maximum atomic E-state index is 12.7. The van der Waals surface area contributed by atoms with Crippen molar-refractivity contribution in [2.45, 2.75) is 39.8 Å². The number of aryl methyl sites for hydroxylation is 2. The minimum absolute atomic E-state index is 0.0698. The van der Waals surface area contributed by atoms with Gasteiger partial charge in [0.05, 0.1) is 20.3 Å². The zero-order valence-corrected chi connectivity index (χ0v) is 19.3. The van der Waals surface area contributed by atoms with Gasteiger partial charge in [-0.3, -0.25) is 14.5 Å². The number of hydrogen-bond acceptors (Lipinski definition) is 5. The highest BCUT2D eigenvalue weighted by Gasteiger charge is 2.17. The first-order valence-electron chi connectivity index (χ1n) is 10.1. The molecule has 2 N–H and O–H groups in total. The van der Waals surface area contributed by atoms with Gasteiger partial charge in [-0.1, -0.05) is 29.8 Å². The van der Waals surface area contributed by atoms with Crippen molar-refractivity contribution in [2.24, 2.45) is 0 Å². The van der Waals surface area contributed by atoms with E-state index in [4.69, 9.17) is 21.7 Å². The van der Waals surface area contributed by atoms with E-state index in [-0.39, 0.29) is 18.4 Å². The molecule has 1 atom stereocenters. The van der Waals surface area contributed by atoms with Crippen molar-refractivity contribution in [1.29, 1.82) is 0 Å². The van der Waals surface area contributed by atoms with E-state index in [1.807, 2.05) is 61.7 Å². The normalized spacial score (nSPS) is 11.8. The van der Waals surface area contributed by atoms with E-state index in [0.29, 0.717) is 22.8 Å². The van der Waals surface area contributed by atoms with Crippen molar-refractivity contribution in [3.8, 4) is 22.9 Å².